The third-order valence-corrected chi connectivity index (χ3v) is 2.92. The van der Waals surface area contributed by atoms with Crippen molar-refractivity contribution in [1.29, 1.82) is 0 Å². The average molecular weight is 238 g/mol. The van der Waals surface area contributed by atoms with Crippen molar-refractivity contribution in [3.05, 3.63) is 30.1 Å². The van der Waals surface area contributed by atoms with Gasteiger partial charge in [0.1, 0.15) is 5.82 Å². The molecular formula is C12H15FN2O2. The van der Waals surface area contributed by atoms with Gasteiger partial charge in [0.05, 0.1) is 12.6 Å². The Morgan fingerprint density at radius 3 is 3.12 bits per heavy atom. The summed E-state index contributed by atoms with van der Waals surface area (Å²) in [6.45, 7) is 0.600. The Bertz CT molecular complexity index is 411. The molecule has 0 aromatic heterocycles. The number of amides is 2. The first kappa shape index (κ1) is 11.9. The summed E-state index contributed by atoms with van der Waals surface area (Å²) in [7, 11) is 0. The number of rotatable bonds is 2. The van der Waals surface area contributed by atoms with Gasteiger partial charge in [0.15, 0.2) is 0 Å². The summed E-state index contributed by atoms with van der Waals surface area (Å²) in [6, 6.07) is 5.35. The number of benzene rings is 1. The SMILES string of the molecule is O=C(Nc1cccc(F)c1)N1CCC[C@@H]1CO. The van der Waals surface area contributed by atoms with Gasteiger partial charge in [-0.05, 0) is 31.0 Å². The minimum Gasteiger partial charge on any atom is -0.394 e. The largest absolute Gasteiger partial charge is 0.394 e. The van der Waals surface area contributed by atoms with Gasteiger partial charge in [-0.1, -0.05) is 6.07 Å². The summed E-state index contributed by atoms with van der Waals surface area (Å²) < 4.78 is 12.9. The summed E-state index contributed by atoms with van der Waals surface area (Å²) in [5.41, 5.74) is 0.429. The number of carbonyl (C=O) groups is 1. The van der Waals surface area contributed by atoms with E-state index in [0.29, 0.717) is 12.2 Å². The van der Waals surface area contributed by atoms with E-state index >= 15 is 0 Å². The summed E-state index contributed by atoms with van der Waals surface area (Å²) in [5, 5.41) is 11.7. The molecule has 1 aromatic rings. The molecule has 92 valence electrons. The molecule has 1 fully saturated rings. The lowest BCUT2D eigenvalue weighted by molar-refractivity contribution is 0.166. The third-order valence-electron chi connectivity index (χ3n) is 2.92. The molecule has 1 atom stereocenters. The highest BCUT2D eigenvalue weighted by atomic mass is 19.1. The molecule has 2 rings (SSSR count). The van der Waals surface area contributed by atoms with Crippen molar-refractivity contribution in [2.45, 2.75) is 18.9 Å². The minimum absolute atomic E-state index is 0.0312. The zero-order valence-electron chi connectivity index (χ0n) is 9.40. The third kappa shape index (κ3) is 2.74. The predicted molar refractivity (Wildman–Crippen MR) is 62.2 cm³/mol. The minimum atomic E-state index is -0.386. The predicted octanol–water partition coefficient (Wildman–Crippen LogP) is 1.81. The standard InChI is InChI=1S/C12H15FN2O2/c13-9-3-1-4-10(7-9)14-12(17)15-6-2-5-11(15)8-16/h1,3-4,7,11,16H,2,5-6,8H2,(H,14,17)/t11-/m1/s1. The van der Waals surface area contributed by atoms with Gasteiger partial charge >= 0.3 is 6.03 Å². The molecule has 2 amide bonds. The molecule has 4 nitrogen and oxygen atoms in total. The van der Waals surface area contributed by atoms with E-state index in [1.54, 1.807) is 17.0 Å². The van der Waals surface area contributed by atoms with Crippen molar-refractivity contribution in [2.75, 3.05) is 18.5 Å². The number of urea groups is 1. The van der Waals surface area contributed by atoms with Gasteiger partial charge in [0.2, 0.25) is 0 Å². The van der Waals surface area contributed by atoms with Crippen molar-refractivity contribution < 1.29 is 14.3 Å². The first-order valence-electron chi connectivity index (χ1n) is 5.65. The number of halogens is 1. The number of hydrogen-bond donors (Lipinski definition) is 2. The zero-order chi connectivity index (χ0) is 12.3. The van der Waals surface area contributed by atoms with Crippen LogP contribution in [0.15, 0.2) is 24.3 Å². The molecule has 1 aliphatic heterocycles. The maximum Gasteiger partial charge on any atom is 0.322 e. The van der Waals surface area contributed by atoms with E-state index in [2.05, 4.69) is 5.32 Å². The molecule has 0 bridgehead atoms. The number of hydrogen-bond acceptors (Lipinski definition) is 2. The highest BCUT2D eigenvalue weighted by molar-refractivity contribution is 5.89. The topological polar surface area (TPSA) is 52.6 Å². The Hall–Kier alpha value is -1.62. The van der Waals surface area contributed by atoms with Crippen LogP contribution in [0.25, 0.3) is 0 Å². The van der Waals surface area contributed by atoms with E-state index in [1.807, 2.05) is 0 Å². The van der Waals surface area contributed by atoms with E-state index in [9.17, 15) is 9.18 Å². The average Bonchev–Trinajstić information content (AvgIpc) is 2.77. The van der Waals surface area contributed by atoms with Crippen LogP contribution in [0, 0.1) is 5.82 Å². The van der Waals surface area contributed by atoms with Gasteiger partial charge in [0, 0.05) is 12.2 Å². The normalized spacial score (nSPS) is 19.4. The van der Waals surface area contributed by atoms with Gasteiger partial charge in [-0.2, -0.15) is 0 Å². The lowest BCUT2D eigenvalue weighted by atomic mass is 10.2. The van der Waals surface area contributed by atoms with Crippen LogP contribution in [0.1, 0.15) is 12.8 Å². The number of nitrogens with zero attached hydrogens (tertiary/aromatic N) is 1. The second-order valence-corrected chi connectivity index (χ2v) is 4.11. The van der Waals surface area contributed by atoms with Gasteiger partial charge in [0.25, 0.3) is 0 Å². The molecule has 1 aromatic carbocycles. The van der Waals surface area contributed by atoms with E-state index in [-0.39, 0.29) is 24.5 Å². The molecule has 0 unspecified atom stereocenters. The Labute approximate surface area is 99.0 Å². The Balaban J connectivity index is 2.01. The molecular weight excluding hydrogens is 223 g/mol. The van der Waals surface area contributed by atoms with E-state index in [0.717, 1.165) is 12.8 Å². The molecule has 5 heteroatoms. The molecule has 0 saturated carbocycles. The monoisotopic (exact) mass is 238 g/mol. The highest BCUT2D eigenvalue weighted by Gasteiger charge is 2.27. The van der Waals surface area contributed by atoms with Gasteiger partial charge in [-0.15, -0.1) is 0 Å². The number of likely N-dealkylation sites (tertiary alicyclic amines) is 1. The second-order valence-electron chi connectivity index (χ2n) is 4.11. The summed E-state index contributed by atoms with van der Waals surface area (Å²) in [5.74, 6) is -0.386. The lowest BCUT2D eigenvalue weighted by Crippen LogP contribution is -2.40. The van der Waals surface area contributed by atoms with E-state index in [4.69, 9.17) is 5.11 Å². The van der Waals surface area contributed by atoms with Crippen LogP contribution in [0.2, 0.25) is 0 Å². The van der Waals surface area contributed by atoms with Crippen LogP contribution in [0.3, 0.4) is 0 Å². The summed E-state index contributed by atoms with van der Waals surface area (Å²) in [4.78, 5) is 13.5. The van der Waals surface area contributed by atoms with Crippen LogP contribution >= 0.6 is 0 Å². The molecule has 0 aliphatic carbocycles. The number of anilines is 1. The lowest BCUT2D eigenvalue weighted by Gasteiger charge is -2.23. The molecule has 0 spiro atoms. The van der Waals surface area contributed by atoms with Crippen molar-refractivity contribution in [3.63, 3.8) is 0 Å². The smallest absolute Gasteiger partial charge is 0.322 e. The van der Waals surface area contributed by atoms with Crippen molar-refractivity contribution >= 4 is 11.7 Å². The Morgan fingerprint density at radius 2 is 2.41 bits per heavy atom. The number of nitrogens with one attached hydrogen (secondary N) is 1. The van der Waals surface area contributed by atoms with Crippen molar-refractivity contribution in [2.24, 2.45) is 0 Å². The van der Waals surface area contributed by atoms with Gasteiger partial charge in [-0.25, -0.2) is 9.18 Å². The van der Waals surface area contributed by atoms with Crippen LogP contribution in [-0.2, 0) is 0 Å². The fourth-order valence-corrected chi connectivity index (χ4v) is 2.05. The van der Waals surface area contributed by atoms with Gasteiger partial charge in [-0.3, -0.25) is 0 Å². The first-order valence-corrected chi connectivity index (χ1v) is 5.65. The van der Waals surface area contributed by atoms with Gasteiger partial charge < -0.3 is 15.3 Å². The summed E-state index contributed by atoms with van der Waals surface area (Å²) >= 11 is 0. The van der Waals surface area contributed by atoms with E-state index in [1.165, 1.54) is 12.1 Å². The number of aliphatic hydroxyl groups excluding tert-OH is 1. The van der Waals surface area contributed by atoms with Crippen LogP contribution < -0.4 is 5.32 Å². The maximum atomic E-state index is 12.9. The zero-order valence-corrected chi connectivity index (χ0v) is 9.40. The fraction of sp³-hybridized carbons (Fsp3) is 0.417. The number of carbonyl (C=O) groups excluding carboxylic acids is 1. The van der Waals surface area contributed by atoms with Crippen LogP contribution in [0.5, 0.6) is 0 Å². The molecule has 17 heavy (non-hydrogen) atoms. The number of aliphatic hydroxyl groups is 1. The fourth-order valence-electron chi connectivity index (χ4n) is 2.05. The first-order chi connectivity index (χ1) is 8.20. The highest BCUT2D eigenvalue weighted by Crippen LogP contribution is 2.18. The molecule has 2 N–H and O–H groups in total. The summed E-state index contributed by atoms with van der Waals surface area (Å²) in [6.07, 6.45) is 1.70. The molecule has 1 aliphatic rings. The molecule has 0 radical (unpaired) electrons. The molecule has 1 heterocycles. The van der Waals surface area contributed by atoms with Crippen molar-refractivity contribution in [1.82, 2.24) is 4.90 Å². The second kappa shape index (κ2) is 5.14. The van der Waals surface area contributed by atoms with Crippen molar-refractivity contribution in [3.8, 4) is 0 Å². The Kier molecular flexibility index (Phi) is 3.58. The maximum absolute atomic E-state index is 12.9. The van der Waals surface area contributed by atoms with Crippen LogP contribution in [0.4, 0.5) is 14.9 Å². The molecule has 1 saturated heterocycles. The van der Waals surface area contributed by atoms with Crippen LogP contribution in [-0.4, -0.2) is 35.2 Å². The quantitative estimate of drug-likeness (QED) is 0.825. The Morgan fingerprint density at radius 1 is 1.59 bits per heavy atom. The van der Waals surface area contributed by atoms with E-state index < -0.39 is 0 Å².